The van der Waals surface area contributed by atoms with Crippen LogP contribution in [0.5, 0.6) is 11.5 Å². The lowest BCUT2D eigenvalue weighted by Gasteiger charge is -2.08. The molecule has 2 aromatic carbocycles. The number of aromatic hydroxyl groups is 1. The van der Waals surface area contributed by atoms with Crippen molar-refractivity contribution in [3.8, 4) is 11.5 Å². The highest BCUT2D eigenvalue weighted by molar-refractivity contribution is 5.41. The van der Waals surface area contributed by atoms with Gasteiger partial charge in [-0.1, -0.05) is 35.9 Å². The van der Waals surface area contributed by atoms with E-state index in [1.165, 1.54) is 12.7 Å². The normalized spacial score (nSPS) is 10.4. The molecule has 3 heteroatoms. The molecule has 0 unspecified atom stereocenters. The first-order valence-corrected chi connectivity index (χ1v) is 6.18. The van der Waals surface area contributed by atoms with E-state index in [4.69, 9.17) is 9.47 Å². The standard InChI is InChI=1S/C16H18O3/c1-12-3-5-13(6-4-12)10-19-11-14-7-8-15(17)16(9-14)18-2/h3-9,17H,10-11H2,1-2H3. The van der Waals surface area contributed by atoms with Crippen LogP contribution in [-0.2, 0) is 18.0 Å². The summed E-state index contributed by atoms with van der Waals surface area (Å²) in [6.07, 6.45) is 0. The Kier molecular flexibility index (Phi) is 4.42. The van der Waals surface area contributed by atoms with E-state index in [2.05, 4.69) is 31.2 Å². The summed E-state index contributed by atoms with van der Waals surface area (Å²) < 4.78 is 10.7. The third-order valence-electron chi connectivity index (χ3n) is 2.90. The summed E-state index contributed by atoms with van der Waals surface area (Å²) in [6.45, 7) is 3.13. The molecule has 0 spiro atoms. The molecule has 0 atom stereocenters. The molecule has 0 aliphatic heterocycles. The van der Waals surface area contributed by atoms with Crippen molar-refractivity contribution >= 4 is 0 Å². The Balaban J connectivity index is 1.90. The smallest absolute Gasteiger partial charge is 0.160 e. The summed E-state index contributed by atoms with van der Waals surface area (Å²) in [6, 6.07) is 13.5. The predicted octanol–water partition coefficient (Wildman–Crippen LogP) is 3.43. The molecule has 0 radical (unpaired) electrons. The molecule has 0 amide bonds. The van der Waals surface area contributed by atoms with Crippen LogP contribution in [0.15, 0.2) is 42.5 Å². The molecule has 0 aromatic heterocycles. The van der Waals surface area contributed by atoms with Gasteiger partial charge in [0.1, 0.15) is 0 Å². The van der Waals surface area contributed by atoms with Crippen LogP contribution in [-0.4, -0.2) is 12.2 Å². The zero-order valence-corrected chi connectivity index (χ0v) is 11.2. The Morgan fingerprint density at radius 3 is 2.26 bits per heavy atom. The molecule has 0 bridgehead atoms. The van der Waals surface area contributed by atoms with Crippen LogP contribution in [0.2, 0.25) is 0 Å². The third kappa shape index (κ3) is 3.73. The zero-order chi connectivity index (χ0) is 13.7. The van der Waals surface area contributed by atoms with Crippen molar-refractivity contribution in [2.45, 2.75) is 20.1 Å². The van der Waals surface area contributed by atoms with Gasteiger partial charge in [0.25, 0.3) is 0 Å². The number of rotatable bonds is 5. The maximum Gasteiger partial charge on any atom is 0.160 e. The van der Waals surface area contributed by atoms with Crippen LogP contribution in [0, 0.1) is 6.92 Å². The minimum absolute atomic E-state index is 0.143. The fraction of sp³-hybridized carbons (Fsp3) is 0.250. The van der Waals surface area contributed by atoms with Crippen molar-refractivity contribution in [1.82, 2.24) is 0 Å². The van der Waals surface area contributed by atoms with Crippen molar-refractivity contribution in [2.75, 3.05) is 7.11 Å². The highest BCUT2D eigenvalue weighted by atomic mass is 16.5. The van der Waals surface area contributed by atoms with Crippen LogP contribution in [0.4, 0.5) is 0 Å². The highest BCUT2D eigenvalue weighted by Gasteiger charge is 2.02. The van der Waals surface area contributed by atoms with Crippen LogP contribution in [0.1, 0.15) is 16.7 Å². The number of hydrogen-bond acceptors (Lipinski definition) is 3. The van der Waals surface area contributed by atoms with Crippen LogP contribution < -0.4 is 4.74 Å². The quantitative estimate of drug-likeness (QED) is 0.893. The Hall–Kier alpha value is -2.00. The molecule has 0 aliphatic rings. The number of phenolic OH excluding ortho intramolecular Hbond substituents is 1. The summed E-state index contributed by atoms with van der Waals surface area (Å²) in [7, 11) is 1.53. The average Bonchev–Trinajstić information content (AvgIpc) is 2.43. The van der Waals surface area contributed by atoms with Gasteiger partial charge in [0.15, 0.2) is 11.5 Å². The Labute approximate surface area is 113 Å². The first-order chi connectivity index (χ1) is 9.19. The second-order valence-electron chi connectivity index (χ2n) is 4.48. The van der Waals surface area contributed by atoms with E-state index >= 15 is 0 Å². The number of aryl methyl sites for hydroxylation is 1. The molecule has 0 saturated heterocycles. The molecular formula is C16H18O3. The van der Waals surface area contributed by atoms with E-state index in [1.54, 1.807) is 12.1 Å². The van der Waals surface area contributed by atoms with Gasteiger partial charge in [-0.3, -0.25) is 0 Å². The van der Waals surface area contributed by atoms with Crippen molar-refractivity contribution < 1.29 is 14.6 Å². The van der Waals surface area contributed by atoms with Gasteiger partial charge < -0.3 is 14.6 Å². The zero-order valence-electron chi connectivity index (χ0n) is 11.2. The van der Waals surface area contributed by atoms with Gasteiger partial charge in [0, 0.05) is 0 Å². The number of hydrogen-bond donors (Lipinski definition) is 1. The topological polar surface area (TPSA) is 38.7 Å². The SMILES string of the molecule is COc1cc(COCc2ccc(C)cc2)ccc1O. The molecule has 100 valence electrons. The van der Waals surface area contributed by atoms with Crippen LogP contribution in [0.3, 0.4) is 0 Å². The second kappa shape index (κ2) is 6.25. The molecule has 3 nitrogen and oxygen atoms in total. The van der Waals surface area contributed by atoms with Crippen LogP contribution in [0.25, 0.3) is 0 Å². The predicted molar refractivity (Wildman–Crippen MR) is 74.3 cm³/mol. The molecule has 2 rings (SSSR count). The van der Waals surface area contributed by atoms with E-state index in [-0.39, 0.29) is 5.75 Å². The lowest BCUT2D eigenvalue weighted by atomic mass is 10.2. The van der Waals surface area contributed by atoms with Gasteiger partial charge in [-0.25, -0.2) is 0 Å². The first kappa shape index (κ1) is 13.4. The first-order valence-electron chi connectivity index (χ1n) is 6.18. The Morgan fingerprint density at radius 2 is 1.58 bits per heavy atom. The molecule has 0 heterocycles. The molecule has 0 saturated carbocycles. The maximum absolute atomic E-state index is 9.50. The van der Waals surface area contributed by atoms with E-state index in [1.807, 2.05) is 6.07 Å². The number of benzene rings is 2. The molecule has 0 aliphatic carbocycles. The molecule has 2 aromatic rings. The van der Waals surface area contributed by atoms with Gasteiger partial charge in [0.2, 0.25) is 0 Å². The summed E-state index contributed by atoms with van der Waals surface area (Å²) in [4.78, 5) is 0. The van der Waals surface area contributed by atoms with Crippen molar-refractivity contribution in [3.05, 3.63) is 59.2 Å². The molecule has 19 heavy (non-hydrogen) atoms. The van der Waals surface area contributed by atoms with Gasteiger partial charge >= 0.3 is 0 Å². The van der Waals surface area contributed by atoms with Crippen molar-refractivity contribution in [2.24, 2.45) is 0 Å². The van der Waals surface area contributed by atoms with E-state index in [9.17, 15) is 5.11 Å². The van der Waals surface area contributed by atoms with Gasteiger partial charge in [0.05, 0.1) is 20.3 Å². The fourth-order valence-corrected chi connectivity index (χ4v) is 1.78. The van der Waals surface area contributed by atoms with Crippen molar-refractivity contribution in [3.63, 3.8) is 0 Å². The minimum atomic E-state index is 0.143. The van der Waals surface area contributed by atoms with Gasteiger partial charge in [-0.05, 0) is 30.2 Å². The Morgan fingerprint density at radius 1 is 0.947 bits per heavy atom. The van der Waals surface area contributed by atoms with Crippen LogP contribution >= 0.6 is 0 Å². The largest absolute Gasteiger partial charge is 0.504 e. The highest BCUT2D eigenvalue weighted by Crippen LogP contribution is 2.26. The Bertz CT molecular complexity index is 532. The molecule has 0 fully saturated rings. The van der Waals surface area contributed by atoms with Gasteiger partial charge in [-0.15, -0.1) is 0 Å². The van der Waals surface area contributed by atoms with E-state index in [0.29, 0.717) is 19.0 Å². The molecular weight excluding hydrogens is 240 g/mol. The van der Waals surface area contributed by atoms with Gasteiger partial charge in [-0.2, -0.15) is 0 Å². The third-order valence-corrected chi connectivity index (χ3v) is 2.90. The lowest BCUT2D eigenvalue weighted by Crippen LogP contribution is -1.95. The fourth-order valence-electron chi connectivity index (χ4n) is 1.78. The monoisotopic (exact) mass is 258 g/mol. The average molecular weight is 258 g/mol. The number of methoxy groups -OCH3 is 1. The summed E-state index contributed by atoms with van der Waals surface area (Å²) in [5.41, 5.74) is 3.37. The summed E-state index contributed by atoms with van der Waals surface area (Å²) in [5.74, 6) is 0.612. The van der Waals surface area contributed by atoms with Crippen molar-refractivity contribution in [1.29, 1.82) is 0 Å². The second-order valence-corrected chi connectivity index (χ2v) is 4.48. The van der Waals surface area contributed by atoms with E-state index < -0.39 is 0 Å². The number of ether oxygens (including phenoxy) is 2. The molecule has 1 N–H and O–H groups in total. The summed E-state index contributed by atoms with van der Waals surface area (Å²) in [5, 5.41) is 9.50. The maximum atomic E-state index is 9.50. The minimum Gasteiger partial charge on any atom is -0.504 e. The summed E-state index contributed by atoms with van der Waals surface area (Å²) >= 11 is 0. The van der Waals surface area contributed by atoms with E-state index in [0.717, 1.165) is 11.1 Å². The lowest BCUT2D eigenvalue weighted by molar-refractivity contribution is 0.107. The number of phenols is 1.